The van der Waals surface area contributed by atoms with Crippen LogP contribution in [0.5, 0.6) is 0 Å². The van der Waals surface area contributed by atoms with Crippen LogP contribution in [0.15, 0.2) is 11.6 Å². The van der Waals surface area contributed by atoms with Gasteiger partial charge in [-0.1, -0.05) is 67.0 Å². The molecule has 0 radical (unpaired) electrons. The molecule has 5 aliphatic carbocycles. The number of carboxylic acid groups (broad SMARTS) is 1. The summed E-state index contributed by atoms with van der Waals surface area (Å²) in [6.07, 6.45) is -30.6. The summed E-state index contributed by atoms with van der Waals surface area (Å²) in [4.78, 5) is 27.2. The fraction of sp³-hybridized carbons (Fsp3) is 0.934. The van der Waals surface area contributed by atoms with Crippen LogP contribution in [0.2, 0.25) is 0 Å². The highest BCUT2D eigenvalue weighted by molar-refractivity contribution is 5.79. The summed E-state index contributed by atoms with van der Waals surface area (Å²) in [5, 5.41) is 161. The van der Waals surface area contributed by atoms with Gasteiger partial charge in [0.1, 0.15) is 97.7 Å². The zero-order valence-corrected chi connectivity index (χ0v) is 51.6. The average molecular weight is 1260 g/mol. The molecule has 5 saturated heterocycles. The van der Waals surface area contributed by atoms with Crippen LogP contribution in [0.25, 0.3) is 0 Å². The Morgan fingerprint density at radius 1 is 0.545 bits per heavy atom. The second-order valence-corrected chi connectivity index (χ2v) is 29.5. The van der Waals surface area contributed by atoms with E-state index in [-0.39, 0.29) is 39.4 Å². The SMILES string of the molecule is C[C@@H]1[C@@H](O)[C@H](OC[C@H]2O[C@@H](OC(=O)[C@]34CCC(C)(C)C[C@H]3C3=CC[C@@H]5[C@@]6(C)CC[C@H](O[C@@H]7O[C@H](C(=O)O)[C@@H](O)[C@H](O)[C@H]7O)C(C)(C)[C@@H]6CC[C@@]5(C)[C@]3(C)CC4)[C@H](O)[C@@H](O)[C@@H]2O)O[C@H](CO)[C@H]1O[C@@H]1O[C@@H](C)[C@H](O)[C@@H](O[C@@H]2O[C@H](CO)[C@@H](O)[C@H](O)[C@H]2O)[C@H]1O. The fourth-order valence-corrected chi connectivity index (χ4v) is 18.1. The van der Waals surface area contributed by atoms with Crippen molar-refractivity contribution in [1.29, 1.82) is 0 Å². The van der Waals surface area contributed by atoms with Crippen molar-refractivity contribution in [3.63, 3.8) is 0 Å². The molecule has 0 amide bonds. The number of allylic oxidation sites excluding steroid dienone is 2. The van der Waals surface area contributed by atoms with Gasteiger partial charge in [0.25, 0.3) is 0 Å². The van der Waals surface area contributed by atoms with Gasteiger partial charge in [-0.3, -0.25) is 4.79 Å². The summed E-state index contributed by atoms with van der Waals surface area (Å²) in [5.74, 6) is -2.98. The summed E-state index contributed by atoms with van der Waals surface area (Å²) in [6.45, 7) is 16.7. The molecule has 0 aromatic carbocycles. The normalized spacial score (nSPS) is 53.5. The molecule has 0 unspecified atom stereocenters. The molecule has 9 fully saturated rings. The number of carbonyl (C=O) groups excluding carboxylic acids is 1. The number of hydrogen-bond acceptors (Lipinski definition) is 26. The van der Waals surface area contributed by atoms with Gasteiger partial charge >= 0.3 is 11.9 Å². The third-order valence-corrected chi connectivity index (χ3v) is 23.8. The number of carbonyl (C=O) groups is 2. The lowest BCUT2D eigenvalue weighted by molar-refractivity contribution is -0.375. The summed E-state index contributed by atoms with van der Waals surface area (Å²) >= 11 is 0. The molecule has 27 nitrogen and oxygen atoms in total. The molecule has 0 aromatic rings. The summed E-state index contributed by atoms with van der Waals surface area (Å²) in [6, 6.07) is 0. The quantitative estimate of drug-likeness (QED) is 0.0517. The highest BCUT2D eigenvalue weighted by Gasteiger charge is 2.70. The van der Waals surface area contributed by atoms with Crippen molar-refractivity contribution in [2.45, 2.75) is 280 Å². The van der Waals surface area contributed by atoms with Crippen molar-refractivity contribution in [2.24, 2.45) is 56.2 Å². The third kappa shape index (κ3) is 11.5. The molecule has 0 spiro atoms. The molecule has 10 rings (SSSR count). The molecule has 33 atom stereocenters. The summed E-state index contributed by atoms with van der Waals surface area (Å²) in [7, 11) is 0. The van der Waals surface area contributed by atoms with Gasteiger partial charge in [-0.05, 0) is 116 Å². The maximum atomic E-state index is 15.3. The second kappa shape index (κ2) is 25.2. The standard InChI is InChI=1S/C61H98O27/c1-24-34(64)50(82-29(22-63)46(24)85-54-45(75)47(35(65)25(2)80-54)86-51-42(72)38(68)36(66)28(21-62)81-51)79-23-30-37(67)39(69)43(73)52(83-30)88-55(78)61-18-16-56(3,4)20-27(61)26-10-11-32-58(7)14-13-33(84-53-44(74)40(70)41(71)48(87-53)49(76)77)57(5,6)31(58)12-15-60(32,9)59(26,8)17-19-61/h10,24-25,27-48,50-54,62-75H,11-23H2,1-9H3,(H,76,77)/t24-,25+,27+,28-,29-,30-,31+,32-,33+,34-,35+,36-,37-,38+,39+,40+,41+,42-,43-,44-,45-,46+,47-,48+,50-,51+,52+,53-,54+,58+,59-,60-,61+/m1/s1. The number of aliphatic hydroxyl groups excluding tert-OH is 14. The van der Waals surface area contributed by atoms with E-state index in [1.807, 2.05) is 0 Å². The monoisotopic (exact) mass is 1260 g/mol. The lowest BCUT2D eigenvalue weighted by atomic mass is 9.33. The largest absolute Gasteiger partial charge is 0.479 e. The van der Waals surface area contributed by atoms with Crippen LogP contribution in [-0.4, -0.2) is 262 Å². The van der Waals surface area contributed by atoms with E-state index in [0.717, 1.165) is 25.7 Å². The molecular weight excluding hydrogens is 1160 g/mol. The maximum absolute atomic E-state index is 15.3. The Morgan fingerprint density at radius 3 is 1.76 bits per heavy atom. The highest BCUT2D eigenvalue weighted by Crippen LogP contribution is 2.76. The smallest absolute Gasteiger partial charge is 0.335 e. The molecule has 0 aromatic heterocycles. The number of aliphatic carboxylic acids is 1. The summed E-state index contributed by atoms with van der Waals surface area (Å²) < 4.78 is 59.4. The Balaban J connectivity index is 0.802. The topological polar surface area (TPSA) is 430 Å². The summed E-state index contributed by atoms with van der Waals surface area (Å²) in [5.41, 5.74) is -1.27. The van der Waals surface area contributed by atoms with Gasteiger partial charge in [0.05, 0.1) is 43.5 Å². The average Bonchev–Trinajstić information content (AvgIpc) is 0.685. The zero-order valence-electron chi connectivity index (χ0n) is 51.6. The van der Waals surface area contributed by atoms with Crippen LogP contribution in [0.3, 0.4) is 0 Å². The van der Waals surface area contributed by atoms with E-state index in [9.17, 15) is 81.4 Å². The van der Waals surface area contributed by atoms with E-state index in [0.29, 0.717) is 38.5 Å². The molecule has 88 heavy (non-hydrogen) atoms. The first kappa shape index (κ1) is 68.6. The second-order valence-electron chi connectivity index (χ2n) is 29.5. The van der Waals surface area contributed by atoms with E-state index in [1.54, 1.807) is 0 Å². The minimum atomic E-state index is -1.89. The first-order chi connectivity index (χ1) is 41.1. The van der Waals surface area contributed by atoms with E-state index in [1.165, 1.54) is 19.4 Å². The predicted octanol–water partition coefficient (Wildman–Crippen LogP) is -1.82. The van der Waals surface area contributed by atoms with Crippen molar-refractivity contribution >= 4 is 11.9 Å². The van der Waals surface area contributed by atoms with Crippen LogP contribution in [0, 0.1) is 56.2 Å². The number of ether oxygens (including phenoxy) is 10. The Hall–Kier alpha value is -2.24. The molecule has 5 heterocycles. The van der Waals surface area contributed by atoms with E-state index < -0.39 is 202 Å². The lowest BCUT2D eigenvalue weighted by Gasteiger charge is -2.71. The number of aliphatic hydroxyl groups is 14. The Labute approximate surface area is 511 Å². The number of carboxylic acids is 1. The molecule has 4 saturated carbocycles. The van der Waals surface area contributed by atoms with E-state index >= 15 is 4.79 Å². The lowest BCUT2D eigenvalue weighted by Crippen LogP contribution is -2.66. The minimum Gasteiger partial charge on any atom is -0.479 e. The van der Waals surface area contributed by atoms with Gasteiger partial charge < -0.3 is 124 Å². The molecule has 15 N–H and O–H groups in total. The maximum Gasteiger partial charge on any atom is 0.335 e. The van der Waals surface area contributed by atoms with Gasteiger partial charge in [-0.25, -0.2) is 4.79 Å². The first-order valence-corrected chi connectivity index (χ1v) is 31.5. The highest BCUT2D eigenvalue weighted by atomic mass is 16.8. The van der Waals surface area contributed by atoms with Crippen LogP contribution >= 0.6 is 0 Å². The number of rotatable bonds is 14. The molecule has 27 heteroatoms. The molecule has 0 bridgehead atoms. The van der Waals surface area contributed by atoms with E-state index in [2.05, 4.69) is 54.5 Å². The zero-order chi connectivity index (χ0) is 64.4. The van der Waals surface area contributed by atoms with Crippen molar-refractivity contribution in [3.8, 4) is 0 Å². The van der Waals surface area contributed by atoms with Crippen molar-refractivity contribution < 1.29 is 134 Å². The van der Waals surface area contributed by atoms with Gasteiger partial charge in [0.2, 0.25) is 6.29 Å². The van der Waals surface area contributed by atoms with Gasteiger partial charge in [0, 0.05) is 5.92 Å². The van der Waals surface area contributed by atoms with Crippen LogP contribution in [-0.2, 0) is 57.0 Å². The minimum absolute atomic E-state index is 0.127. The van der Waals surface area contributed by atoms with Crippen molar-refractivity contribution in [2.75, 3.05) is 19.8 Å². The van der Waals surface area contributed by atoms with Gasteiger partial charge in [-0.15, -0.1) is 0 Å². The Bertz CT molecular complexity index is 2500. The molecule has 504 valence electrons. The molecule has 10 aliphatic rings. The Morgan fingerprint density at radius 2 is 1.11 bits per heavy atom. The van der Waals surface area contributed by atoms with Crippen molar-refractivity contribution in [3.05, 3.63) is 11.6 Å². The third-order valence-electron chi connectivity index (χ3n) is 23.8. The molecular formula is C61H98O27. The first-order valence-electron chi connectivity index (χ1n) is 31.5. The van der Waals surface area contributed by atoms with Crippen LogP contribution in [0.4, 0.5) is 0 Å². The van der Waals surface area contributed by atoms with Crippen LogP contribution < -0.4 is 0 Å². The number of esters is 1. The number of hydrogen-bond donors (Lipinski definition) is 15. The van der Waals surface area contributed by atoms with Gasteiger partial charge in [0.15, 0.2) is 31.3 Å². The van der Waals surface area contributed by atoms with E-state index in [4.69, 9.17) is 47.4 Å². The molecule has 5 aliphatic heterocycles. The Kier molecular flexibility index (Phi) is 19.6. The van der Waals surface area contributed by atoms with Crippen molar-refractivity contribution in [1.82, 2.24) is 0 Å². The fourth-order valence-electron chi connectivity index (χ4n) is 18.1. The van der Waals surface area contributed by atoms with Gasteiger partial charge in [-0.2, -0.15) is 0 Å². The number of fused-ring (bicyclic) bond motifs is 7. The van der Waals surface area contributed by atoms with Crippen LogP contribution in [0.1, 0.15) is 127 Å². The predicted molar refractivity (Wildman–Crippen MR) is 298 cm³/mol.